The van der Waals surface area contributed by atoms with E-state index < -0.39 is 33.7 Å². The van der Waals surface area contributed by atoms with Gasteiger partial charge in [-0.25, -0.2) is 18.0 Å². The Balaban J connectivity index is 3.64. The van der Waals surface area contributed by atoms with Crippen LogP contribution in [0.2, 0.25) is 0 Å². The van der Waals surface area contributed by atoms with E-state index in [2.05, 4.69) is 13.2 Å². The van der Waals surface area contributed by atoms with Gasteiger partial charge in [0.05, 0.1) is 12.3 Å². The van der Waals surface area contributed by atoms with E-state index >= 15 is 0 Å². The fraction of sp³-hybridized carbons (Fsp3) is 0.526. The summed E-state index contributed by atoms with van der Waals surface area (Å²) in [6.45, 7) is 11.0. The third kappa shape index (κ3) is 5.77. The molecule has 0 saturated carbocycles. The third-order valence-electron chi connectivity index (χ3n) is 4.71. The second-order valence-electron chi connectivity index (χ2n) is 7.01. The van der Waals surface area contributed by atoms with Gasteiger partial charge in [-0.15, -0.1) is 5.01 Å². The Morgan fingerprint density at radius 2 is 1.69 bits per heavy atom. The minimum Gasteiger partial charge on any atom is -0.444 e. The molecular weight excluding hydrogens is 400 g/mol. The number of imide groups is 1. The number of nitrogens with zero attached hydrogens (tertiary/aromatic N) is 2. The molecule has 0 radical (unpaired) electrons. The van der Waals surface area contributed by atoms with Gasteiger partial charge in [-0.1, -0.05) is 48.3 Å². The molecule has 9 nitrogen and oxygen atoms in total. The largest absolute Gasteiger partial charge is 0.444 e. The van der Waals surface area contributed by atoms with Crippen molar-refractivity contribution >= 4 is 28.0 Å². The van der Waals surface area contributed by atoms with Crippen LogP contribution in [0.4, 0.5) is 9.59 Å². The molecule has 0 unspecified atom stereocenters. The van der Waals surface area contributed by atoms with Crippen molar-refractivity contribution in [1.29, 1.82) is 0 Å². The first-order valence-corrected chi connectivity index (χ1v) is 10.8. The number of allylic oxidation sites excluding steroid dienone is 1. The van der Waals surface area contributed by atoms with Crippen molar-refractivity contribution in [1.82, 2.24) is 9.42 Å². The lowest BCUT2D eigenvalue weighted by atomic mass is 9.71. The number of amides is 2. The summed E-state index contributed by atoms with van der Waals surface area (Å²) in [6, 6.07) is -1.13. The maximum atomic E-state index is 12.7. The molecule has 1 aliphatic rings. The van der Waals surface area contributed by atoms with Crippen molar-refractivity contribution in [3.05, 3.63) is 37.0 Å². The van der Waals surface area contributed by atoms with Crippen LogP contribution in [0, 0.1) is 5.41 Å². The van der Waals surface area contributed by atoms with Crippen LogP contribution in [0.25, 0.3) is 0 Å². The van der Waals surface area contributed by atoms with Crippen LogP contribution in [0.3, 0.4) is 0 Å². The van der Waals surface area contributed by atoms with Crippen molar-refractivity contribution in [3.8, 4) is 0 Å². The van der Waals surface area contributed by atoms with E-state index in [-0.39, 0.29) is 24.0 Å². The number of carbonyl (C=O) groups is 3. The molecule has 10 heteroatoms. The summed E-state index contributed by atoms with van der Waals surface area (Å²) < 4.78 is 35.8. The first-order valence-electron chi connectivity index (χ1n) is 8.93. The van der Waals surface area contributed by atoms with Gasteiger partial charge in [0.1, 0.15) is 19.0 Å². The van der Waals surface area contributed by atoms with Gasteiger partial charge >= 0.3 is 12.2 Å². The fourth-order valence-corrected chi connectivity index (χ4v) is 4.07. The second-order valence-corrected chi connectivity index (χ2v) is 8.85. The van der Waals surface area contributed by atoms with E-state index in [9.17, 15) is 22.8 Å². The number of carbonyl (C=O) groups excluding carboxylic acids is 3. The summed E-state index contributed by atoms with van der Waals surface area (Å²) in [5.74, 6) is -0.279. The van der Waals surface area contributed by atoms with Gasteiger partial charge in [0.15, 0.2) is 0 Å². The number of rotatable bonds is 8. The lowest BCUT2D eigenvalue weighted by Crippen LogP contribution is -2.62. The van der Waals surface area contributed by atoms with E-state index in [4.69, 9.17) is 9.47 Å². The molecule has 0 N–H and O–H groups in total. The third-order valence-corrected chi connectivity index (χ3v) is 5.78. The van der Waals surface area contributed by atoms with Crippen molar-refractivity contribution in [2.45, 2.75) is 39.7 Å². The monoisotopic (exact) mass is 428 g/mol. The molecule has 2 atom stereocenters. The number of Topliss-reactive ketones (excluding diaryl/α,β-unsaturated/α-hetero) is 1. The molecule has 0 spiro atoms. The summed E-state index contributed by atoms with van der Waals surface area (Å²) in [7, 11) is -4.22. The highest BCUT2D eigenvalue weighted by Crippen LogP contribution is 2.40. The van der Waals surface area contributed by atoms with Crippen molar-refractivity contribution in [3.63, 3.8) is 0 Å². The highest BCUT2D eigenvalue weighted by Gasteiger charge is 2.51. The quantitative estimate of drug-likeness (QED) is 0.432. The van der Waals surface area contributed by atoms with Crippen LogP contribution in [0.15, 0.2) is 37.0 Å². The van der Waals surface area contributed by atoms with Gasteiger partial charge < -0.3 is 9.47 Å². The van der Waals surface area contributed by atoms with E-state index in [1.165, 1.54) is 19.1 Å². The van der Waals surface area contributed by atoms with Gasteiger partial charge in [-0.05, 0) is 26.7 Å². The minimum atomic E-state index is -4.22. The number of hydrazine groups is 1. The fourth-order valence-electron chi connectivity index (χ4n) is 2.93. The number of hydrogen-bond acceptors (Lipinski definition) is 7. The zero-order valence-electron chi connectivity index (χ0n) is 17.2. The number of sulfonamides is 1. The first-order chi connectivity index (χ1) is 13.4. The van der Waals surface area contributed by atoms with Gasteiger partial charge in [0, 0.05) is 5.41 Å². The molecule has 29 heavy (non-hydrogen) atoms. The maximum absolute atomic E-state index is 12.7. The van der Waals surface area contributed by atoms with Crippen LogP contribution in [-0.4, -0.2) is 61.3 Å². The number of ether oxygens (including phenoxy) is 2. The topological polar surface area (TPSA) is 110 Å². The minimum absolute atomic E-state index is 0.259. The summed E-state index contributed by atoms with van der Waals surface area (Å²) in [6.07, 6.45) is 3.31. The molecule has 1 rings (SSSR count). The molecule has 162 valence electrons. The molecule has 0 aromatic rings. The van der Waals surface area contributed by atoms with E-state index in [1.54, 1.807) is 19.9 Å². The summed E-state index contributed by atoms with van der Waals surface area (Å²) >= 11 is 0. The predicted molar refractivity (Wildman–Crippen MR) is 107 cm³/mol. The van der Waals surface area contributed by atoms with Gasteiger partial charge in [-0.2, -0.15) is 0 Å². The lowest BCUT2D eigenvalue weighted by Gasteiger charge is -2.44. The Morgan fingerprint density at radius 1 is 1.21 bits per heavy atom. The van der Waals surface area contributed by atoms with Crippen molar-refractivity contribution in [2.75, 3.05) is 19.5 Å². The van der Waals surface area contributed by atoms with Crippen LogP contribution < -0.4 is 0 Å². The van der Waals surface area contributed by atoms with Crippen LogP contribution in [0.5, 0.6) is 0 Å². The Bertz CT molecular complexity index is 794. The highest BCUT2D eigenvalue weighted by atomic mass is 32.2. The molecule has 1 aliphatic carbocycles. The normalized spacial score (nSPS) is 21.7. The van der Waals surface area contributed by atoms with Gasteiger partial charge in [0.25, 0.3) is 0 Å². The molecule has 2 amide bonds. The van der Waals surface area contributed by atoms with Gasteiger partial charge in [-0.3, -0.25) is 4.79 Å². The lowest BCUT2D eigenvalue weighted by molar-refractivity contribution is -0.130. The molecule has 0 aliphatic heterocycles. The maximum Gasteiger partial charge on any atom is 0.435 e. The summed E-state index contributed by atoms with van der Waals surface area (Å²) in [5, 5.41) is 0.267. The molecule has 0 bridgehead atoms. The van der Waals surface area contributed by atoms with Gasteiger partial charge in [0.2, 0.25) is 10.0 Å². The average molecular weight is 429 g/mol. The Hall–Kier alpha value is -2.46. The van der Waals surface area contributed by atoms with Crippen molar-refractivity contribution in [2.24, 2.45) is 5.41 Å². The summed E-state index contributed by atoms with van der Waals surface area (Å²) in [5.41, 5.74) is -0.348. The zero-order valence-corrected chi connectivity index (χ0v) is 18.0. The molecule has 0 aromatic heterocycles. The average Bonchev–Trinajstić information content (AvgIpc) is 2.63. The van der Waals surface area contributed by atoms with E-state index in [0.717, 1.165) is 11.8 Å². The molecule has 0 fully saturated rings. The molecular formula is C19H28N2O7S. The Morgan fingerprint density at radius 3 is 2.07 bits per heavy atom. The van der Waals surface area contributed by atoms with E-state index in [0.29, 0.717) is 17.3 Å². The zero-order chi connectivity index (χ0) is 22.4. The number of ketones is 1. The standard InChI is InChI=1S/C19H28N2O7S/c1-7-11-27-17(23)20(18(24)28-12-8-2)21(29(6,25)26)16-13-14(3)9-10-19(16,5)15(4)22/h7-8,13,16H,1-2,9-12H2,3-6H3/t16-,19-/m0/s1. The number of hydrogen-bond donors (Lipinski definition) is 0. The Labute approximate surface area is 171 Å². The molecule has 0 saturated heterocycles. The highest BCUT2D eigenvalue weighted by molar-refractivity contribution is 7.88. The van der Waals surface area contributed by atoms with Crippen molar-refractivity contribution < 1.29 is 32.3 Å². The predicted octanol–water partition coefficient (Wildman–Crippen LogP) is 2.81. The second kappa shape index (κ2) is 9.84. The van der Waals surface area contributed by atoms with E-state index in [1.807, 2.05) is 0 Å². The van der Waals surface area contributed by atoms with Crippen LogP contribution in [-0.2, 0) is 24.3 Å². The summed E-state index contributed by atoms with van der Waals surface area (Å²) in [4.78, 5) is 37.7. The van der Waals surface area contributed by atoms with Crippen LogP contribution >= 0.6 is 0 Å². The molecule has 0 aromatic carbocycles. The van der Waals surface area contributed by atoms with Crippen LogP contribution in [0.1, 0.15) is 33.6 Å². The molecule has 0 heterocycles. The first kappa shape index (κ1) is 24.6. The Kier molecular flexibility index (Phi) is 8.34. The SMILES string of the molecule is C=CCOC(=O)N(C(=O)OCC=C)N([C@H]1C=C(C)CC[C@@]1(C)C(C)=O)S(C)(=O)=O. The smallest absolute Gasteiger partial charge is 0.435 e.